The second kappa shape index (κ2) is 9.04. The van der Waals surface area contributed by atoms with Crippen molar-refractivity contribution in [3.63, 3.8) is 0 Å². The summed E-state index contributed by atoms with van der Waals surface area (Å²) in [4.78, 5) is 20.6. The van der Waals surface area contributed by atoms with Gasteiger partial charge < -0.3 is 9.47 Å². The summed E-state index contributed by atoms with van der Waals surface area (Å²) in [6.07, 6.45) is 4.78. The summed E-state index contributed by atoms with van der Waals surface area (Å²) in [5.74, 6) is 1.41. The molecule has 3 aromatic rings. The van der Waals surface area contributed by atoms with Gasteiger partial charge in [-0.2, -0.15) is 0 Å². The van der Waals surface area contributed by atoms with Gasteiger partial charge in [0.15, 0.2) is 0 Å². The van der Waals surface area contributed by atoms with Gasteiger partial charge >= 0.3 is 0 Å². The van der Waals surface area contributed by atoms with Gasteiger partial charge in [-0.25, -0.2) is 4.98 Å². The van der Waals surface area contributed by atoms with E-state index in [1.54, 1.807) is 0 Å². The van der Waals surface area contributed by atoms with Crippen LogP contribution < -0.4 is 0 Å². The lowest BCUT2D eigenvalue weighted by Crippen LogP contribution is -2.35. The van der Waals surface area contributed by atoms with Gasteiger partial charge in [-0.3, -0.25) is 4.79 Å². The van der Waals surface area contributed by atoms with Gasteiger partial charge in [0.1, 0.15) is 5.82 Å². The highest BCUT2D eigenvalue weighted by Gasteiger charge is 2.26. The van der Waals surface area contributed by atoms with Crippen molar-refractivity contribution in [1.82, 2.24) is 14.5 Å². The molecule has 4 rings (SSSR count). The molecule has 0 N–H and O–H groups in total. The molecule has 0 radical (unpaired) electrons. The number of amides is 1. The van der Waals surface area contributed by atoms with Gasteiger partial charge in [-0.15, -0.1) is 0 Å². The largest absolute Gasteiger partial charge is 0.331 e. The summed E-state index contributed by atoms with van der Waals surface area (Å²) in [6, 6.07) is 12.4. The smallest absolute Gasteiger partial charge is 0.254 e. The Labute approximate surface area is 190 Å². The number of carbonyl (C=O) groups excluding carboxylic acids is 1. The Balaban J connectivity index is 1.75. The molecular weight excluding hydrogens is 406 g/mol. The van der Waals surface area contributed by atoms with Gasteiger partial charge in [0.05, 0.1) is 17.6 Å². The van der Waals surface area contributed by atoms with Gasteiger partial charge in [-0.05, 0) is 62.4 Å². The van der Waals surface area contributed by atoms with E-state index in [2.05, 4.69) is 24.5 Å². The second-order valence-corrected chi connectivity index (χ2v) is 9.80. The molecule has 1 aliphatic rings. The molecule has 1 aliphatic carbocycles. The van der Waals surface area contributed by atoms with Crippen LogP contribution in [0.5, 0.6) is 0 Å². The van der Waals surface area contributed by atoms with E-state index >= 15 is 0 Å². The molecule has 1 fully saturated rings. The topological polar surface area (TPSA) is 38.1 Å². The fourth-order valence-corrected chi connectivity index (χ4v) is 4.93. The van der Waals surface area contributed by atoms with Crippen molar-refractivity contribution < 1.29 is 4.79 Å². The van der Waals surface area contributed by atoms with Crippen molar-refractivity contribution in [3.8, 4) is 0 Å². The first-order chi connectivity index (χ1) is 14.8. The summed E-state index contributed by atoms with van der Waals surface area (Å²) in [7, 11) is 0. The number of hydrogen-bond acceptors (Lipinski definition) is 2. The number of imidazole rings is 1. The van der Waals surface area contributed by atoms with Crippen LogP contribution in [0.3, 0.4) is 0 Å². The van der Waals surface area contributed by atoms with Crippen LogP contribution in [0.2, 0.25) is 5.02 Å². The lowest BCUT2D eigenvalue weighted by Gasteiger charge is -2.27. The Kier molecular flexibility index (Phi) is 6.38. The molecule has 31 heavy (non-hydrogen) atoms. The molecule has 2 aromatic carbocycles. The second-order valence-electron chi connectivity index (χ2n) is 9.37. The zero-order valence-electron chi connectivity index (χ0n) is 19.0. The highest BCUT2D eigenvalue weighted by atomic mass is 35.5. The molecule has 0 bridgehead atoms. The molecule has 1 aromatic heterocycles. The fourth-order valence-electron chi connectivity index (χ4n) is 4.76. The molecule has 0 atom stereocenters. The van der Waals surface area contributed by atoms with Crippen LogP contribution >= 0.6 is 11.6 Å². The van der Waals surface area contributed by atoms with Gasteiger partial charge in [0.2, 0.25) is 0 Å². The predicted molar refractivity (Wildman–Crippen MR) is 128 cm³/mol. The third kappa shape index (κ3) is 4.64. The van der Waals surface area contributed by atoms with E-state index in [9.17, 15) is 4.79 Å². The fraction of sp³-hybridized carbons (Fsp3) is 0.462. The zero-order chi connectivity index (χ0) is 22.1. The molecule has 164 valence electrons. The average molecular weight is 438 g/mol. The number of fused-ring (bicyclic) bond motifs is 1. The third-order valence-corrected chi connectivity index (χ3v) is 6.48. The summed E-state index contributed by atoms with van der Waals surface area (Å²) in [6.45, 7) is 9.56. The first-order valence-corrected chi connectivity index (χ1v) is 11.7. The van der Waals surface area contributed by atoms with Crippen molar-refractivity contribution in [2.45, 2.75) is 66.0 Å². The number of hydrogen-bond donors (Lipinski definition) is 0. The van der Waals surface area contributed by atoms with Gasteiger partial charge in [0, 0.05) is 23.2 Å². The minimum Gasteiger partial charge on any atom is -0.331 e. The third-order valence-electron chi connectivity index (χ3n) is 6.24. The summed E-state index contributed by atoms with van der Waals surface area (Å²) in [5, 5.41) is 0.726. The average Bonchev–Trinajstić information content (AvgIpc) is 3.35. The highest BCUT2D eigenvalue weighted by Crippen LogP contribution is 2.35. The molecule has 1 amide bonds. The Bertz CT molecular complexity index is 1100. The number of aryl methyl sites for hydroxylation is 2. The van der Waals surface area contributed by atoms with Crippen molar-refractivity contribution in [2.24, 2.45) is 5.92 Å². The molecule has 0 aliphatic heterocycles. The summed E-state index contributed by atoms with van der Waals surface area (Å²) < 4.78 is 2.36. The minimum absolute atomic E-state index is 0.0814. The van der Waals surface area contributed by atoms with Crippen LogP contribution in [0.15, 0.2) is 36.4 Å². The van der Waals surface area contributed by atoms with Crippen molar-refractivity contribution in [3.05, 3.63) is 63.9 Å². The van der Waals surface area contributed by atoms with Crippen LogP contribution in [0.25, 0.3) is 11.0 Å². The van der Waals surface area contributed by atoms with E-state index in [1.165, 1.54) is 12.8 Å². The number of carbonyl (C=O) groups is 1. The maximum Gasteiger partial charge on any atom is 0.254 e. The maximum absolute atomic E-state index is 13.6. The van der Waals surface area contributed by atoms with Crippen LogP contribution in [0.4, 0.5) is 0 Å². The summed E-state index contributed by atoms with van der Waals surface area (Å²) >= 11 is 6.34. The Morgan fingerprint density at radius 2 is 1.90 bits per heavy atom. The molecule has 0 spiro atoms. The predicted octanol–water partition coefficient (Wildman–Crippen LogP) is 6.72. The number of nitrogens with zero attached hydrogens (tertiary/aromatic N) is 3. The van der Waals surface area contributed by atoms with E-state index in [0.717, 1.165) is 51.4 Å². The van der Waals surface area contributed by atoms with Crippen molar-refractivity contribution in [2.75, 3.05) is 6.54 Å². The van der Waals surface area contributed by atoms with Crippen LogP contribution in [-0.4, -0.2) is 26.9 Å². The van der Waals surface area contributed by atoms with Crippen molar-refractivity contribution in [1.29, 1.82) is 0 Å². The molecule has 1 heterocycles. The Morgan fingerprint density at radius 1 is 1.16 bits per heavy atom. The minimum atomic E-state index is 0.0814. The van der Waals surface area contributed by atoms with E-state index < -0.39 is 0 Å². The van der Waals surface area contributed by atoms with Gasteiger partial charge in [0.25, 0.3) is 5.91 Å². The monoisotopic (exact) mass is 437 g/mol. The number of halogens is 1. The highest BCUT2D eigenvalue weighted by molar-refractivity contribution is 6.31. The first-order valence-electron chi connectivity index (χ1n) is 11.4. The maximum atomic E-state index is 13.6. The van der Waals surface area contributed by atoms with E-state index in [4.69, 9.17) is 16.6 Å². The van der Waals surface area contributed by atoms with E-state index in [-0.39, 0.29) is 5.91 Å². The van der Waals surface area contributed by atoms with E-state index in [0.29, 0.717) is 25.0 Å². The van der Waals surface area contributed by atoms with Crippen LogP contribution in [-0.2, 0) is 6.54 Å². The summed E-state index contributed by atoms with van der Waals surface area (Å²) in [5.41, 5.74) is 4.94. The standard InChI is InChI=1S/C26H32ClN3O/c1-17(2)15-29(26(31)22-13-18(3)9-10-19(22)4)16-25-28-23-12-11-20(27)14-24(23)30(25)21-7-5-6-8-21/h9-14,17,21H,5-8,15-16H2,1-4H3. The van der Waals surface area contributed by atoms with E-state index in [1.807, 2.05) is 49.1 Å². The number of rotatable bonds is 6. The molecule has 1 saturated carbocycles. The first kappa shape index (κ1) is 21.9. The zero-order valence-corrected chi connectivity index (χ0v) is 19.7. The van der Waals surface area contributed by atoms with Crippen LogP contribution in [0.1, 0.15) is 72.9 Å². The molecule has 4 nitrogen and oxygen atoms in total. The Morgan fingerprint density at radius 3 is 2.61 bits per heavy atom. The lowest BCUT2D eigenvalue weighted by molar-refractivity contribution is 0.0714. The molecular formula is C26H32ClN3O. The lowest BCUT2D eigenvalue weighted by atomic mass is 10.0. The quantitative estimate of drug-likeness (QED) is 0.429. The number of benzene rings is 2. The van der Waals surface area contributed by atoms with Crippen molar-refractivity contribution >= 4 is 28.5 Å². The van der Waals surface area contributed by atoms with Crippen LogP contribution in [0, 0.1) is 19.8 Å². The molecule has 0 unspecified atom stereocenters. The Hall–Kier alpha value is -2.33. The molecule has 5 heteroatoms. The normalized spacial score (nSPS) is 14.6. The molecule has 0 saturated heterocycles. The number of aromatic nitrogens is 2. The van der Waals surface area contributed by atoms with Gasteiger partial charge in [-0.1, -0.05) is 56.0 Å². The SMILES string of the molecule is Cc1ccc(C)c(C(=O)N(Cc2nc3ccc(Cl)cc3n2C2CCCC2)CC(C)C)c1.